The van der Waals surface area contributed by atoms with Crippen LogP contribution in [0.2, 0.25) is 5.02 Å². The third kappa shape index (κ3) is 5.74. The van der Waals surface area contributed by atoms with Gasteiger partial charge in [-0.2, -0.15) is 0 Å². The maximum Gasteiger partial charge on any atom is 0.238 e. The maximum absolute atomic E-state index is 12.0. The molecule has 0 saturated heterocycles. The summed E-state index contributed by atoms with van der Waals surface area (Å²) < 4.78 is 28.7. The summed E-state index contributed by atoms with van der Waals surface area (Å²) in [6.45, 7) is 2.01. The van der Waals surface area contributed by atoms with Crippen molar-refractivity contribution in [3.63, 3.8) is 0 Å². The summed E-state index contributed by atoms with van der Waals surface area (Å²) >= 11 is 5.78. The van der Waals surface area contributed by atoms with Crippen LogP contribution in [0.4, 0.5) is 5.69 Å². The molecule has 0 aromatic heterocycles. The first kappa shape index (κ1) is 19.2. The number of rotatable bonds is 7. The van der Waals surface area contributed by atoms with Gasteiger partial charge in [0.15, 0.2) is 0 Å². The topological polar surface area (TPSA) is 98.5 Å². The molecule has 0 unspecified atom stereocenters. The Morgan fingerprint density at radius 3 is 2.48 bits per heavy atom. The fraction of sp³-hybridized carbons (Fsp3) is 0.235. The molecule has 2 rings (SSSR count). The number of nitrogens with one attached hydrogen (secondary N) is 1. The summed E-state index contributed by atoms with van der Waals surface area (Å²) in [7, 11) is -3.85. The fourth-order valence-corrected chi connectivity index (χ4v) is 3.20. The molecule has 0 aliphatic carbocycles. The number of ether oxygens (including phenoxy) is 1. The van der Waals surface area contributed by atoms with E-state index in [9.17, 15) is 13.2 Å². The second-order valence-corrected chi connectivity index (χ2v) is 7.29. The Hall–Kier alpha value is -2.09. The van der Waals surface area contributed by atoms with E-state index < -0.39 is 10.0 Å². The van der Waals surface area contributed by atoms with Crippen molar-refractivity contribution < 1.29 is 17.9 Å². The molecule has 0 bridgehead atoms. The van der Waals surface area contributed by atoms with Crippen molar-refractivity contribution in [1.29, 1.82) is 0 Å². The summed E-state index contributed by atoms with van der Waals surface area (Å²) in [5, 5.41) is 8.46. The number of sulfonamides is 1. The van der Waals surface area contributed by atoms with E-state index in [2.05, 4.69) is 5.32 Å². The minimum absolute atomic E-state index is 0.0187. The maximum atomic E-state index is 12.0. The molecule has 0 fully saturated rings. The molecule has 134 valence electrons. The summed E-state index contributed by atoms with van der Waals surface area (Å²) in [5.74, 6) is 0.319. The van der Waals surface area contributed by atoms with E-state index in [1.807, 2.05) is 6.92 Å². The highest BCUT2D eigenvalue weighted by atomic mass is 35.5. The van der Waals surface area contributed by atoms with Crippen LogP contribution in [-0.2, 0) is 21.2 Å². The molecule has 0 heterocycles. The van der Waals surface area contributed by atoms with Gasteiger partial charge in [0.2, 0.25) is 15.9 Å². The van der Waals surface area contributed by atoms with Gasteiger partial charge in [0.25, 0.3) is 0 Å². The summed E-state index contributed by atoms with van der Waals surface area (Å²) in [4.78, 5) is 12.0. The Morgan fingerprint density at radius 1 is 1.20 bits per heavy atom. The highest BCUT2D eigenvalue weighted by Gasteiger charge is 2.14. The van der Waals surface area contributed by atoms with E-state index in [1.54, 1.807) is 36.4 Å². The molecular formula is C17H19ClN2O4S. The van der Waals surface area contributed by atoms with Crippen molar-refractivity contribution >= 4 is 33.2 Å². The number of carbonyl (C=O) groups excluding carboxylic acids is 1. The van der Waals surface area contributed by atoms with Gasteiger partial charge in [0, 0.05) is 10.7 Å². The molecule has 0 aliphatic heterocycles. The average molecular weight is 383 g/mol. The molecule has 2 aromatic carbocycles. The Bertz CT molecular complexity index is 851. The number of benzene rings is 2. The number of halogens is 1. The summed E-state index contributed by atoms with van der Waals surface area (Å²) in [6, 6.07) is 11.5. The molecule has 2 aromatic rings. The average Bonchev–Trinajstić information content (AvgIpc) is 2.56. The number of anilines is 1. The van der Waals surface area contributed by atoms with Gasteiger partial charge < -0.3 is 10.1 Å². The quantitative estimate of drug-likeness (QED) is 0.769. The largest absolute Gasteiger partial charge is 0.493 e. The van der Waals surface area contributed by atoms with Crippen molar-refractivity contribution in [1.82, 2.24) is 0 Å². The van der Waals surface area contributed by atoms with Gasteiger partial charge in [-0.25, -0.2) is 13.6 Å². The number of carbonyl (C=O) groups is 1. The van der Waals surface area contributed by atoms with Crippen molar-refractivity contribution in [2.24, 2.45) is 5.14 Å². The summed E-state index contributed by atoms with van der Waals surface area (Å²) in [6.07, 6.45) is 0.637. The Morgan fingerprint density at radius 2 is 1.88 bits per heavy atom. The molecule has 3 N–H and O–H groups in total. The number of hydrogen-bond acceptors (Lipinski definition) is 4. The second kappa shape index (κ2) is 8.33. The number of amides is 1. The van der Waals surface area contributed by atoms with Crippen molar-refractivity contribution in [3.8, 4) is 5.75 Å². The highest BCUT2D eigenvalue weighted by Crippen LogP contribution is 2.20. The minimum Gasteiger partial charge on any atom is -0.493 e. The Balaban J connectivity index is 1.95. The van der Waals surface area contributed by atoms with Gasteiger partial charge >= 0.3 is 0 Å². The van der Waals surface area contributed by atoms with E-state index in [-0.39, 0.29) is 23.8 Å². The van der Waals surface area contributed by atoms with Crippen LogP contribution >= 0.6 is 11.6 Å². The van der Waals surface area contributed by atoms with Gasteiger partial charge in [-0.05, 0) is 48.4 Å². The van der Waals surface area contributed by atoms with Crippen LogP contribution in [0.1, 0.15) is 18.9 Å². The molecule has 0 saturated carbocycles. The first-order chi connectivity index (χ1) is 11.8. The lowest BCUT2D eigenvalue weighted by Crippen LogP contribution is -2.17. The first-order valence-corrected chi connectivity index (χ1v) is 9.56. The predicted molar refractivity (Wildman–Crippen MR) is 97.4 cm³/mol. The van der Waals surface area contributed by atoms with Crippen LogP contribution in [0.5, 0.6) is 5.75 Å². The van der Waals surface area contributed by atoms with E-state index in [0.29, 0.717) is 28.4 Å². The van der Waals surface area contributed by atoms with Crippen molar-refractivity contribution in [3.05, 3.63) is 53.1 Å². The third-order valence-corrected chi connectivity index (χ3v) is 4.69. The second-order valence-electron chi connectivity index (χ2n) is 5.32. The van der Waals surface area contributed by atoms with E-state index in [0.717, 1.165) is 0 Å². The molecule has 8 heteroatoms. The van der Waals surface area contributed by atoms with Gasteiger partial charge in [-0.15, -0.1) is 0 Å². The standard InChI is InChI=1S/C17H19ClN2O4S/c1-2-12-3-6-14(11-16(12)25(19,22)23)20-17(21)9-10-24-15-7-4-13(18)5-8-15/h3-8,11H,2,9-10H2,1H3,(H,20,21)(H2,19,22,23). The zero-order valence-electron chi connectivity index (χ0n) is 13.7. The SMILES string of the molecule is CCc1ccc(NC(=O)CCOc2ccc(Cl)cc2)cc1S(N)(=O)=O. The lowest BCUT2D eigenvalue weighted by molar-refractivity contribution is -0.116. The zero-order valence-corrected chi connectivity index (χ0v) is 15.2. The molecule has 1 amide bonds. The van der Waals surface area contributed by atoms with Gasteiger partial charge in [-0.1, -0.05) is 24.6 Å². The monoisotopic (exact) mass is 382 g/mol. The highest BCUT2D eigenvalue weighted by molar-refractivity contribution is 7.89. The fourth-order valence-electron chi connectivity index (χ4n) is 2.21. The van der Waals surface area contributed by atoms with Crippen LogP contribution in [0, 0.1) is 0 Å². The third-order valence-electron chi connectivity index (χ3n) is 3.45. The van der Waals surface area contributed by atoms with Crippen LogP contribution in [0.25, 0.3) is 0 Å². The smallest absolute Gasteiger partial charge is 0.238 e. The molecule has 0 spiro atoms. The number of hydrogen-bond donors (Lipinski definition) is 2. The number of aryl methyl sites for hydroxylation is 1. The van der Waals surface area contributed by atoms with E-state index in [1.165, 1.54) is 6.07 Å². The zero-order chi connectivity index (χ0) is 18.4. The van der Waals surface area contributed by atoms with Crippen LogP contribution in [-0.4, -0.2) is 20.9 Å². The molecule has 25 heavy (non-hydrogen) atoms. The lowest BCUT2D eigenvalue weighted by Gasteiger charge is -2.11. The lowest BCUT2D eigenvalue weighted by atomic mass is 10.1. The number of nitrogens with two attached hydrogens (primary N) is 1. The van der Waals surface area contributed by atoms with Gasteiger partial charge in [-0.3, -0.25) is 4.79 Å². The van der Waals surface area contributed by atoms with Crippen molar-refractivity contribution in [2.45, 2.75) is 24.7 Å². The first-order valence-electron chi connectivity index (χ1n) is 7.63. The minimum atomic E-state index is -3.85. The Labute approximate surface area is 152 Å². The van der Waals surface area contributed by atoms with Crippen molar-refractivity contribution in [2.75, 3.05) is 11.9 Å². The predicted octanol–water partition coefficient (Wildman–Crippen LogP) is 2.96. The Kier molecular flexibility index (Phi) is 6.41. The molecule has 6 nitrogen and oxygen atoms in total. The molecule has 0 aliphatic rings. The molecular weight excluding hydrogens is 364 g/mol. The van der Waals surface area contributed by atoms with E-state index in [4.69, 9.17) is 21.5 Å². The van der Waals surface area contributed by atoms with Crippen LogP contribution in [0.15, 0.2) is 47.4 Å². The van der Waals surface area contributed by atoms with Crippen LogP contribution < -0.4 is 15.2 Å². The van der Waals surface area contributed by atoms with Gasteiger partial charge in [0.1, 0.15) is 5.75 Å². The number of primary sulfonamides is 1. The van der Waals surface area contributed by atoms with Gasteiger partial charge in [0.05, 0.1) is 17.9 Å². The van der Waals surface area contributed by atoms with Crippen LogP contribution in [0.3, 0.4) is 0 Å². The molecule has 0 atom stereocenters. The summed E-state index contributed by atoms with van der Waals surface area (Å²) in [5.41, 5.74) is 0.976. The normalized spacial score (nSPS) is 11.2. The molecule has 0 radical (unpaired) electrons. The van der Waals surface area contributed by atoms with E-state index >= 15 is 0 Å².